The molecule has 16 heavy (non-hydrogen) atoms. The second-order valence-electron chi connectivity index (χ2n) is 4.05. The van der Waals surface area contributed by atoms with Crippen molar-refractivity contribution < 1.29 is 14.7 Å². The number of aliphatic carboxylic acids is 1. The molecular weight excluding hydrogens is 201 g/mol. The van der Waals surface area contributed by atoms with E-state index in [0.29, 0.717) is 4.81 Å². The Morgan fingerprint density at radius 2 is 1.62 bits per heavy atom. The van der Waals surface area contributed by atoms with Gasteiger partial charge in [0.15, 0.2) is 0 Å². The Balaban J connectivity index is 5.62. The standard InChI is InChI=1S/C8H11B4NO3/c1-4(2)7(9,10)8(11,6(15)16)13(12)5(3)14/h4H,1-3H3,(H,15,16). The predicted molar refractivity (Wildman–Crippen MR) is 63.4 cm³/mol. The molecule has 0 aromatic heterocycles. The molecule has 1 N–H and O–H groups in total. The summed E-state index contributed by atoms with van der Waals surface area (Å²) in [5.41, 5.74) is -2.37. The molecule has 8 heteroatoms. The Morgan fingerprint density at radius 3 is 1.81 bits per heavy atom. The first-order valence-corrected chi connectivity index (χ1v) is 4.65. The highest BCUT2D eigenvalue weighted by Crippen LogP contribution is 2.41. The van der Waals surface area contributed by atoms with E-state index in [1.165, 1.54) is 0 Å². The van der Waals surface area contributed by atoms with Crippen molar-refractivity contribution in [3.05, 3.63) is 0 Å². The Kier molecular flexibility index (Phi) is 4.37. The molecule has 0 saturated carbocycles. The molecule has 1 unspecified atom stereocenters. The molecule has 1 amide bonds. The quantitative estimate of drug-likeness (QED) is 0.607. The SMILES string of the molecule is [B]N(C(C)=O)C([B])(C(=O)O)C([B])([B])C(C)C. The minimum atomic E-state index is -2.37. The fourth-order valence-corrected chi connectivity index (χ4v) is 1.19. The van der Waals surface area contributed by atoms with Crippen molar-refractivity contribution in [2.24, 2.45) is 5.92 Å². The van der Waals surface area contributed by atoms with Gasteiger partial charge in [-0.25, -0.2) is 0 Å². The van der Waals surface area contributed by atoms with Crippen molar-refractivity contribution in [1.82, 2.24) is 4.81 Å². The van der Waals surface area contributed by atoms with Gasteiger partial charge in [-0.3, -0.25) is 9.59 Å². The van der Waals surface area contributed by atoms with Crippen LogP contribution in [0.1, 0.15) is 20.8 Å². The van der Waals surface area contributed by atoms with Gasteiger partial charge >= 0.3 is 5.97 Å². The largest absolute Gasteiger partial charge is 0.480 e. The van der Waals surface area contributed by atoms with E-state index in [9.17, 15) is 9.59 Å². The summed E-state index contributed by atoms with van der Waals surface area (Å²) >= 11 is 0. The van der Waals surface area contributed by atoms with Crippen molar-refractivity contribution in [2.45, 2.75) is 31.4 Å². The van der Waals surface area contributed by atoms with Crippen molar-refractivity contribution in [2.75, 3.05) is 0 Å². The van der Waals surface area contributed by atoms with E-state index >= 15 is 0 Å². The van der Waals surface area contributed by atoms with Crippen LogP contribution in [-0.4, -0.2) is 58.8 Å². The summed E-state index contributed by atoms with van der Waals surface area (Å²) in [6, 6.07) is 0. The summed E-state index contributed by atoms with van der Waals surface area (Å²) in [6.07, 6.45) is 0. The summed E-state index contributed by atoms with van der Waals surface area (Å²) in [5.74, 6) is -2.81. The molecule has 0 heterocycles. The number of carboxylic acid groups (broad SMARTS) is 1. The number of nitrogens with zero attached hydrogens (tertiary/aromatic N) is 1. The van der Waals surface area contributed by atoms with Crippen LogP contribution in [0.15, 0.2) is 0 Å². The van der Waals surface area contributed by atoms with Gasteiger partial charge in [-0.15, -0.1) is 0 Å². The number of rotatable bonds is 4. The molecule has 0 aliphatic carbocycles. The average molecular weight is 212 g/mol. The topological polar surface area (TPSA) is 57.6 Å². The molecule has 4 nitrogen and oxygen atoms in total. The number of hydrogen-bond acceptors (Lipinski definition) is 2. The molecule has 1 atom stereocenters. The van der Waals surface area contributed by atoms with E-state index in [0.717, 1.165) is 6.92 Å². The van der Waals surface area contributed by atoms with Crippen LogP contribution in [0, 0.1) is 5.92 Å². The first kappa shape index (κ1) is 15.2. The van der Waals surface area contributed by atoms with Crippen molar-refractivity contribution in [1.29, 1.82) is 0 Å². The lowest BCUT2D eigenvalue weighted by Gasteiger charge is -2.51. The Bertz CT molecular complexity index is 308. The zero-order valence-electron chi connectivity index (χ0n) is 9.60. The van der Waals surface area contributed by atoms with Gasteiger partial charge in [-0.2, -0.15) is 0 Å². The van der Waals surface area contributed by atoms with Gasteiger partial charge in [-0.1, -0.05) is 25.0 Å². The average Bonchev–Trinajstić information content (AvgIpc) is 2.14. The van der Waals surface area contributed by atoms with Crippen LogP contribution in [0.25, 0.3) is 0 Å². The van der Waals surface area contributed by atoms with Gasteiger partial charge in [0, 0.05) is 6.92 Å². The molecule has 0 aromatic carbocycles. The maximum atomic E-state index is 11.2. The van der Waals surface area contributed by atoms with Crippen LogP contribution in [0.3, 0.4) is 0 Å². The van der Waals surface area contributed by atoms with Crippen LogP contribution in [0.2, 0.25) is 5.21 Å². The zero-order valence-corrected chi connectivity index (χ0v) is 9.60. The van der Waals surface area contributed by atoms with E-state index < -0.39 is 28.4 Å². The molecule has 0 bridgehead atoms. The van der Waals surface area contributed by atoms with E-state index in [-0.39, 0.29) is 0 Å². The highest BCUT2D eigenvalue weighted by molar-refractivity contribution is 6.50. The summed E-state index contributed by atoms with van der Waals surface area (Å²) in [5, 5.41) is 7.22. The third kappa shape index (κ3) is 2.15. The molecule has 0 aliphatic heterocycles. The monoisotopic (exact) mass is 213 g/mol. The molecule has 8 radical (unpaired) electrons. The third-order valence-electron chi connectivity index (χ3n) is 2.66. The summed E-state index contributed by atoms with van der Waals surface area (Å²) in [6.45, 7) is 4.23. The smallest absolute Gasteiger partial charge is 0.317 e. The van der Waals surface area contributed by atoms with Gasteiger partial charge in [-0.05, 0) is 0 Å². The van der Waals surface area contributed by atoms with Gasteiger partial charge in [0.25, 0.3) is 0 Å². The minimum Gasteiger partial charge on any atom is -0.480 e. The molecule has 0 aromatic rings. The second-order valence-corrected chi connectivity index (χ2v) is 4.05. The predicted octanol–water partition coefficient (Wildman–Crippen LogP) is -1.02. The number of hydrogen-bond donors (Lipinski definition) is 1. The third-order valence-corrected chi connectivity index (χ3v) is 2.66. The highest BCUT2D eigenvalue weighted by Gasteiger charge is 2.50. The van der Waals surface area contributed by atoms with Crippen molar-refractivity contribution >= 4 is 43.4 Å². The molecule has 0 spiro atoms. The fourth-order valence-electron chi connectivity index (χ4n) is 1.19. The number of amides is 1. The lowest BCUT2D eigenvalue weighted by molar-refractivity contribution is -0.149. The van der Waals surface area contributed by atoms with Crippen LogP contribution in [0.5, 0.6) is 0 Å². The first-order chi connectivity index (χ1) is 6.99. The molecular formula is C8H11B4NO3. The molecule has 0 aliphatic rings. The molecule has 0 saturated heterocycles. The Labute approximate surface area is 101 Å². The number of carboxylic acids is 1. The van der Waals surface area contributed by atoms with E-state index in [1.807, 2.05) is 0 Å². The summed E-state index contributed by atoms with van der Waals surface area (Å²) in [7, 11) is 22.3. The van der Waals surface area contributed by atoms with E-state index in [4.69, 9.17) is 36.6 Å². The van der Waals surface area contributed by atoms with E-state index in [2.05, 4.69) is 0 Å². The summed E-state index contributed by atoms with van der Waals surface area (Å²) < 4.78 is 0. The van der Waals surface area contributed by atoms with Gasteiger partial charge in [0.05, 0.1) is 21.1 Å². The highest BCUT2D eigenvalue weighted by atomic mass is 16.4. The van der Waals surface area contributed by atoms with Crippen molar-refractivity contribution in [3.8, 4) is 0 Å². The van der Waals surface area contributed by atoms with Gasteiger partial charge in [0.1, 0.15) is 7.85 Å². The first-order valence-electron chi connectivity index (χ1n) is 4.65. The number of carbonyl (C=O) groups is 2. The lowest BCUT2D eigenvalue weighted by atomic mass is 9.35. The maximum Gasteiger partial charge on any atom is 0.317 e. The lowest BCUT2D eigenvalue weighted by Crippen LogP contribution is -2.65. The minimum absolute atomic E-state index is 0.343. The van der Waals surface area contributed by atoms with Crippen LogP contribution in [0.4, 0.5) is 0 Å². The van der Waals surface area contributed by atoms with Gasteiger partial charge in [0.2, 0.25) is 13.9 Å². The Hall–Kier alpha value is -0.800. The molecule has 78 valence electrons. The van der Waals surface area contributed by atoms with Crippen molar-refractivity contribution in [3.63, 3.8) is 0 Å². The maximum absolute atomic E-state index is 11.2. The van der Waals surface area contributed by atoms with Crippen LogP contribution in [-0.2, 0) is 9.59 Å². The molecule has 0 fully saturated rings. The van der Waals surface area contributed by atoms with Crippen LogP contribution >= 0.6 is 0 Å². The van der Waals surface area contributed by atoms with Gasteiger partial charge < -0.3 is 9.92 Å². The second kappa shape index (κ2) is 4.60. The fraction of sp³-hybridized carbons (Fsp3) is 0.750. The normalized spacial score (nSPS) is 15.5. The van der Waals surface area contributed by atoms with Crippen LogP contribution < -0.4 is 0 Å². The van der Waals surface area contributed by atoms with E-state index in [1.54, 1.807) is 13.8 Å². The molecule has 0 rings (SSSR count). The number of carbonyl (C=O) groups excluding carboxylic acids is 1. The zero-order chi connectivity index (χ0) is 13.3. The Morgan fingerprint density at radius 1 is 1.25 bits per heavy atom. The summed E-state index contributed by atoms with van der Waals surface area (Å²) in [4.78, 5) is 22.6.